The van der Waals surface area contributed by atoms with E-state index in [0.29, 0.717) is 22.0 Å². The van der Waals surface area contributed by atoms with E-state index in [1.165, 1.54) is 7.11 Å². The van der Waals surface area contributed by atoms with Crippen LogP contribution in [-0.4, -0.2) is 44.4 Å². The molecule has 0 saturated heterocycles. The van der Waals surface area contributed by atoms with Crippen molar-refractivity contribution in [1.29, 1.82) is 0 Å². The van der Waals surface area contributed by atoms with Crippen molar-refractivity contribution in [3.63, 3.8) is 0 Å². The van der Waals surface area contributed by atoms with Crippen LogP contribution >= 0.6 is 11.6 Å². The van der Waals surface area contributed by atoms with E-state index >= 15 is 0 Å². The van der Waals surface area contributed by atoms with Crippen molar-refractivity contribution in [2.24, 2.45) is 7.05 Å². The number of nitrogens with zero attached hydrogens (tertiary/aromatic N) is 6. The fourth-order valence-corrected chi connectivity index (χ4v) is 5.04. The topological polar surface area (TPSA) is 87.3 Å². The lowest BCUT2D eigenvalue weighted by Crippen LogP contribution is -2.31. The van der Waals surface area contributed by atoms with Gasteiger partial charge in [-0.15, -0.1) is 0 Å². The third-order valence-electron chi connectivity index (χ3n) is 6.35. The zero-order valence-electron chi connectivity index (χ0n) is 21.0. The number of anilines is 1. The summed E-state index contributed by atoms with van der Waals surface area (Å²) in [6.07, 6.45) is 1.66. The van der Waals surface area contributed by atoms with Crippen molar-refractivity contribution in [2.75, 3.05) is 19.1 Å². The molecule has 0 spiro atoms. The fraction of sp³-hybridized carbons (Fsp3) is 0.308. The molecular weight excluding hydrogens is 480 g/mol. The lowest BCUT2D eigenvalue weighted by molar-refractivity contribution is 0.0992. The van der Waals surface area contributed by atoms with Gasteiger partial charge in [-0.25, -0.2) is 4.98 Å². The Hall–Kier alpha value is -3.85. The molecule has 0 saturated carbocycles. The second-order valence-corrected chi connectivity index (χ2v) is 9.41. The van der Waals surface area contributed by atoms with Gasteiger partial charge in [-0.3, -0.25) is 14.4 Å². The van der Waals surface area contributed by atoms with E-state index in [4.69, 9.17) is 21.1 Å². The molecule has 4 aromatic rings. The molecule has 1 aliphatic heterocycles. The largest absolute Gasteiger partial charge is 0.480 e. The molecule has 36 heavy (non-hydrogen) atoms. The minimum atomic E-state index is -0.388. The van der Waals surface area contributed by atoms with E-state index in [-0.39, 0.29) is 24.0 Å². The van der Waals surface area contributed by atoms with E-state index in [1.807, 2.05) is 50.4 Å². The maximum atomic E-state index is 14.0. The van der Waals surface area contributed by atoms with Gasteiger partial charge in [0.05, 0.1) is 42.4 Å². The Kier molecular flexibility index (Phi) is 5.96. The number of carbonyl (C=O) groups excluding carboxylic acids is 1. The normalized spacial score (nSPS) is 15.1. The van der Waals surface area contributed by atoms with Gasteiger partial charge < -0.3 is 14.0 Å². The summed E-state index contributed by atoms with van der Waals surface area (Å²) in [4.78, 5) is 24.5. The Morgan fingerprint density at radius 1 is 1.06 bits per heavy atom. The summed E-state index contributed by atoms with van der Waals surface area (Å²) in [5, 5.41) is 5.12. The number of hydrogen-bond acceptors (Lipinski definition) is 6. The van der Waals surface area contributed by atoms with Gasteiger partial charge in [-0.2, -0.15) is 10.1 Å². The van der Waals surface area contributed by atoms with Crippen LogP contribution in [-0.2, 0) is 7.05 Å². The van der Waals surface area contributed by atoms with Crippen LogP contribution in [0.3, 0.4) is 0 Å². The van der Waals surface area contributed by atoms with Gasteiger partial charge in [0.1, 0.15) is 11.9 Å². The second-order valence-electron chi connectivity index (χ2n) is 8.97. The number of fused-ring (bicyclic) bond motifs is 1. The number of aromatic nitrogens is 5. The van der Waals surface area contributed by atoms with Crippen molar-refractivity contribution in [1.82, 2.24) is 24.3 Å². The highest BCUT2D eigenvalue weighted by Crippen LogP contribution is 2.47. The molecule has 10 heteroatoms. The second kappa shape index (κ2) is 8.98. The summed E-state index contributed by atoms with van der Waals surface area (Å²) in [7, 11) is 4.90. The molecule has 3 aromatic heterocycles. The Morgan fingerprint density at radius 2 is 1.78 bits per heavy atom. The lowest BCUT2D eigenvalue weighted by Gasteiger charge is -2.28. The monoisotopic (exact) mass is 506 g/mol. The highest BCUT2D eigenvalue weighted by molar-refractivity contribution is 6.30. The van der Waals surface area contributed by atoms with Crippen molar-refractivity contribution in [3.05, 3.63) is 70.1 Å². The molecule has 9 nitrogen and oxygen atoms in total. The Labute approximate surface area is 214 Å². The minimum Gasteiger partial charge on any atom is -0.480 e. The molecule has 186 valence electrons. The SMILES string of the molecule is COc1ncc(-c2cc3c(n2C(C)C)C(c2ccc(Cl)cc2)N(c2cc(C)nn2C)C3=O)c(OC)n1. The first-order chi connectivity index (χ1) is 17.2. The molecule has 1 aromatic carbocycles. The van der Waals surface area contributed by atoms with E-state index in [1.54, 1.807) is 22.9 Å². The number of hydrogen-bond donors (Lipinski definition) is 0. The molecule has 1 aliphatic rings. The Balaban J connectivity index is 1.78. The molecule has 0 radical (unpaired) electrons. The average molecular weight is 507 g/mol. The van der Waals surface area contributed by atoms with Gasteiger partial charge in [0.15, 0.2) is 0 Å². The van der Waals surface area contributed by atoms with Gasteiger partial charge in [-0.05, 0) is 44.5 Å². The summed E-state index contributed by atoms with van der Waals surface area (Å²) in [5.41, 5.74) is 4.73. The van der Waals surface area contributed by atoms with Crippen LogP contribution in [0, 0.1) is 6.92 Å². The van der Waals surface area contributed by atoms with Gasteiger partial charge in [0.25, 0.3) is 5.91 Å². The van der Waals surface area contributed by atoms with Gasteiger partial charge in [0, 0.05) is 30.4 Å². The maximum absolute atomic E-state index is 14.0. The van der Waals surface area contributed by atoms with Crippen LogP contribution in [0.4, 0.5) is 5.82 Å². The number of amides is 1. The highest BCUT2D eigenvalue weighted by Gasteiger charge is 2.44. The molecule has 0 bridgehead atoms. The van der Waals surface area contributed by atoms with Crippen LogP contribution in [0.1, 0.15) is 53.2 Å². The van der Waals surface area contributed by atoms with Crippen molar-refractivity contribution >= 4 is 23.3 Å². The Morgan fingerprint density at radius 3 is 2.36 bits per heavy atom. The van der Waals surface area contributed by atoms with Crippen molar-refractivity contribution in [2.45, 2.75) is 32.9 Å². The highest BCUT2D eigenvalue weighted by atomic mass is 35.5. The van der Waals surface area contributed by atoms with Crippen molar-refractivity contribution < 1.29 is 14.3 Å². The average Bonchev–Trinajstić information content (AvgIpc) is 3.49. The summed E-state index contributed by atoms with van der Waals surface area (Å²) in [5.74, 6) is 0.979. The minimum absolute atomic E-state index is 0.0198. The summed E-state index contributed by atoms with van der Waals surface area (Å²) in [6.45, 7) is 6.08. The molecule has 5 rings (SSSR count). The first-order valence-electron chi connectivity index (χ1n) is 11.5. The number of carbonyl (C=O) groups is 1. The standard InChI is InChI=1S/C26H27ClN6O3/c1-14(2)32-20(19-13-28-26(36-6)29-24(19)35-5)12-18-23(32)22(16-7-9-17(27)10-8-16)33(25(18)34)21-11-15(3)30-31(21)4/h7-14,22H,1-6H3. The van der Waals surface area contributed by atoms with Crippen LogP contribution in [0.2, 0.25) is 5.02 Å². The molecule has 1 atom stereocenters. The predicted octanol–water partition coefficient (Wildman–Crippen LogP) is 4.99. The number of halogens is 1. The van der Waals surface area contributed by atoms with Gasteiger partial charge in [0.2, 0.25) is 5.88 Å². The van der Waals surface area contributed by atoms with Crippen LogP contribution < -0.4 is 14.4 Å². The Bertz CT molecular complexity index is 1460. The summed E-state index contributed by atoms with van der Waals surface area (Å²) < 4.78 is 14.6. The smallest absolute Gasteiger partial charge is 0.319 e. The third kappa shape index (κ3) is 3.71. The van der Waals surface area contributed by atoms with Crippen molar-refractivity contribution in [3.8, 4) is 23.1 Å². The predicted molar refractivity (Wildman–Crippen MR) is 137 cm³/mol. The molecule has 0 N–H and O–H groups in total. The maximum Gasteiger partial charge on any atom is 0.319 e. The van der Waals surface area contributed by atoms with E-state index < -0.39 is 0 Å². The fourth-order valence-electron chi connectivity index (χ4n) is 4.91. The van der Waals surface area contributed by atoms with Gasteiger partial charge in [-0.1, -0.05) is 23.7 Å². The number of benzene rings is 1. The molecular formula is C26H27ClN6O3. The number of rotatable bonds is 6. The van der Waals surface area contributed by atoms with Crippen LogP contribution in [0.25, 0.3) is 11.3 Å². The zero-order chi connectivity index (χ0) is 25.7. The lowest BCUT2D eigenvalue weighted by atomic mass is 10.0. The first-order valence-corrected chi connectivity index (χ1v) is 11.9. The quantitative estimate of drug-likeness (QED) is 0.366. The zero-order valence-corrected chi connectivity index (χ0v) is 21.7. The number of aryl methyl sites for hydroxylation is 2. The molecule has 1 amide bonds. The van der Waals surface area contributed by atoms with E-state index in [9.17, 15) is 4.79 Å². The summed E-state index contributed by atoms with van der Waals surface area (Å²) in [6, 6.07) is 11.3. The molecule has 1 unspecified atom stereocenters. The molecule has 0 aliphatic carbocycles. The van der Waals surface area contributed by atoms with Crippen LogP contribution in [0.15, 0.2) is 42.6 Å². The molecule has 4 heterocycles. The van der Waals surface area contributed by atoms with E-state index in [0.717, 1.165) is 28.5 Å². The van der Waals surface area contributed by atoms with Crippen LogP contribution in [0.5, 0.6) is 11.9 Å². The number of methoxy groups -OCH3 is 2. The van der Waals surface area contributed by atoms with Gasteiger partial charge >= 0.3 is 6.01 Å². The first kappa shape index (κ1) is 23.9. The number of ether oxygens (including phenoxy) is 2. The third-order valence-corrected chi connectivity index (χ3v) is 6.60. The van der Waals surface area contributed by atoms with E-state index in [2.05, 4.69) is 33.5 Å². The summed E-state index contributed by atoms with van der Waals surface area (Å²) >= 11 is 6.22. The molecule has 0 fully saturated rings.